The van der Waals surface area contributed by atoms with E-state index in [9.17, 15) is 19.7 Å². The number of rotatable bonds is 4. The molecule has 0 spiro atoms. The van der Waals surface area contributed by atoms with E-state index in [1.54, 1.807) is 0 Å². The van der Waals surface area contributed by atoms with Gasteiger partial charge in [0.1, 0.15) is 30.4 Å². The monoisotopic (exact) mass is 183 g/mol. The van der Waals surface area contributed by atoms with E-state index >= 15 is 0 Å². The van der Waals surface area contributed by atoms with Crippen molar-refractivity contribution >= 4 is 18.3 Å². The van der Waals surface area contributed by atoms with Crippen molar-refractivity contribution < 1.29 is 14.5 Å². The molecular formula is C6H5N3O4. The van der Waals surface area contributed by atoms with E-state index in [0.717, 1.165) is 6.20 Å². The zero-order valence-electron chi connectivity index (χ0n) is 6.34. The fraction of sp³-hybridized carbons (Fsp3) is 0.167. The summed E-state index contributed by atoms with van der Waals surface area (Å²) in [5, 5.41) is 15.9. The molecule has 0 aliphatic rings. The molecule has 7 heteroatoms. The summed E-state index contributed by atoms with van der Waals surface area (Å²) < 4.78 is 0. The second kappa shape index (κ2) is 3.57. The Hall–Kier alpha value is -2.05. The van der Waals surface area contributed by atoms with Crippen molar-refractivity contribution in [3.8, 4) is 0 Å². The maximum Gasteiger partial charge on any atom is 0.311 e. The van der Waals surface area contributed by atoms with Crippen LogP contribution in [0, 0.1) is 10.1 Å². The van der Waals surface area contributed by atoms with Gasteiger partial charge in [-0.25, -0.2) is 0 Å². The van der Waals surface area contributed by atoms with E-state index in [2.05, 4.69) is 10.2 Å². The minimum Gasteiger partial charge on any atom is -0.302 e. The maximum absolute atomic E-state index is 10.3. The first-order chi connectivity index (χ1) is 6.20. The van der Waals surface area contributed by atoms with Crippen molar-refractivity contribution in [2.24, 2.45) is 0 Å². The van der Waals surface area contributed by atoms with E-state index in [0.29, 0.717) is 12.6 Å². The zero-order chi connectivity index (χ0) is 9.84. The summed E-state index contributed by atoms with van der Waals surface area (Å²) in [6.45, 7) is 0. The lowest BCUT2D eigenvalue weighted by molar-refractivity contribution is -0.385. The molecule has 1 heterocycles. The van der Waals surface area contributed by atoms with E-state index in [1.807, 2.05) is 0 Å². The number of aromatic amines is 1. The molecule has 0 amide bonds. The number of aromatic nitrogens is 2. The summed E-state index contributed by atoms with van der Waals surface area (Å²) in [5.41, 5.74) is -0.445. The first kappa shape index (κ1) is 9.04. The summed E-state index contributed by atoms with van der Waals surface area (Å²) >= 11 is 0. The normalized spacial score (nSPS) is 9.92. The molecule has 0 unspecified atom stereocenters. The summed E-state index contributed by atoms with van der Waals surface area (Å²) in [5.74, 6) is -1.15. The number of carbonyl (C=O) groups is 2. The van der Waals surface area contributed by atoms with Gasteiger partial charge in [0.05, 0.1) is 4.92 Å². The molecule has 0 aromatic carbocycles. The van der Waals surface area contributed by atoms with Gasteiger partial charge in [0, 0.05) is 0 Å². The summed E-state index contributed by atoms with van der Waals surface area (Å²) in [6.07, 6.45) is 1.58. The van der Waals surface area contributed by atoms with Crippen molar-refractivity contribution in [1.82, 2.24) is 10.2 Å². The van der Waals surface area contributed by atoms with Gasteiger partial charge in [-0.1, -0.05) is 0 Å². The van der Waals surface area contributed by atoms with Crippen LogP contribution in [0.3, 0.4) is 0 Å². The number of H-pyrrole nitrogens is 1. The smallest absolute Gasteiger partial charge is 0.302 e. The molecule has 0 aliphatic heterocycles. The van der Waals surface area contributed by atoms with Gasteiger partial charge in [-0.3, -0.25) is 15.2 Å². The van der Waals surface area contributed by atoms with E-state index in [1.165, 1.54) is 0 Å². The Morgan fingerprint density at radius 3 is 2.62 bits per heavy atom. The zero-order valence-corrected chi connectivity index (χ0v) is 6.34. The molecule has 1 N–H and O–H groups in total. The molecule has 0 fully saturated rings. The number of carbonyl (C=O) groups excluding carboxylic acids is 2. The lowest BCUT2D eigenvalue weighted by Gasteiger charge is -1.96. The van der Waals surface area contributed by atoms with Crippen LogP contribution in [0.15, 0.2) is 6.20 Å². The number of nitrogens with one attached hydrogen (secondary N) is 1. The van der Waals surface area contributed by atoms with E-state index in [4.69, 9.17) is 0 Å². The quantitative estimate of drug-likeness (QED) is 0.301. The molecule has 13 heavy (non-hydrogen) atoms. The third kappa shape index (κ3) is 1.58. The van der Waals surface area contributed by atoms with Crippen molar-refractivity contribution in [2.45, 2.75) is 5.92 Å². The van der Waals surface area contributed by atoms with Gasteiger partial charge in [-0.2, -0.15) is 5.10 Å². The van der Waals surface area contributed by atoms with Crippen LogP contribution in [0.2, 0.25) is 0 Å². The number of hydrogen-bond acceptors (Lipinski definition) is 5. The standard InChI is InChI=1S/C6H5N3O4/c10-2-4(3-11)6-5(9(12)13)1-7-8-6/h1-4H,(H,7,8). The van der Waals surface area contributed by atoms with Crippen LogP contribution in [0.5, 0.6) is 0 Å². The van der Waals surface area contributed by atoms with Crippen LogP contribution in [-0.4, -0.2) is 27.7 Å². The SMILES string of the molecule is O=CC(C=O)c1[nH]ncc1[N+](=O)[O-]. The molecule has 0 atom stereocenters. The molecule has 0 saturated carbocycles. The lowest BCUT2D eigenvalue weighted by Crippen LogP contribution is -2.04. The largest absolute Gasteiger partial charge is 0.311 e. The third-order valence-corrected chi connectivity index (χ3v) is 1.47. The van der Waals surface area contributed by atoms with Gasteiger partial charge in [0.25, 0.3) is 0 Å². The van der Waals surface area contributed by atoms with Crippen LogP contribution >= 0.6 is 0 Å². The van der Waals surface area contributed by atoms with Gasteiger partial charge in [-0.15, -0.1) is 0 Å². The highest BCUT2D eigenvalue weighted by molar-refractivity contribution is 5.85. The van der Waals surface area contributed by atoms with Gasteiger partial charge in [0.2, 0.25) is 0 Å². The fourth-order valence-electron chi connectivity index (χ4n) is 0.849. The van der Waals surface area contributed by atoms with Gasteiger partial charge in [-0.05, 0) is 0 Å². The van der Waals surface area contributed by atoms with Gasteiger partial charge >= 0.3 is 5.69 Å². The Morgan fingerprint density at radius 2 is 2.15 bits per heavy atom. The van der Waals surface area contributed by atoms with Crippen LogP contribution in [0.25, 0.3) is 0 Å². The topological polar surface area (TPSA) is 106 Å². The highest BCUT2D eigenvalue weighted by Crippen LogP contribution is 2.20. The average molecular weight is 183 g/mol. The van der Waals surface area contributed by atoms with Gasteiger partial charge in [0.15, 0.2) is 0 Å². The van der Waals surface area contributed by atoms with Crippen LogP contribution in [0.1, 0.15) is 11.6 Å². The first-order valence-corrected chi connectivity index (χ1v) is 3.29. The molecular weight excluding hydrogens is 178 g/mol. The maximum atomic E-state index is 10.3. The van der Waals surface area contributed by atoms with Crippen molar-refractivity contribution in [3.05, 3.63) is 22.0 Å². The molecule has 1 aromatic rings. The number of aldehydes is 2. The van der Waals surface area contributed by atoms with E-state index in [-0.39, 0.29) is 11.4 Å². The Bertz CT molecular complexity index is 337. The first-order valence-electron chi connectivity index (χ1n) is 3.29. The van der Waals surface area contributed by atoms with Crippen molar-refractivity contribution in [2.75, 3.05) is 0 Å². The summed E-state index contributed by atoms with van der Waals surface area (Å²) in [4.78, 5) is 30.2. The minimum absolute atomic E-state index is 0.0880. The molecule has 1 aromatic heterocycles. The Balaban J connectivity index is 3.12. The summed E-state index contributed by atoms with van der Waals surface area (Å²) in [7, 11) is 0. The molecule has 0 bridgehead atoms. The highest BCUT2D eigenvalue weighted by Gasteiger charge is 2.23. The Kier molecular flexibility index (Phi) is 2.48. The minimum atomic E-state index is -1.15. The third-order valence-electron chi connectivity index (χ3n) is 1.47. The lowest BCUT2D eigenvalue weighted by atomic mass is 10.1. The molecule has 0 radical (unpaired) electrons. The Labute approximate surface area is 71.9 Å². The number of nitrogens with zero attached hydrogens (tertiary/aromatic N) is 2. The molecule has 7 nitrogen and oxygen atoms in total. The number of nitro groups is 1. The number of hydrogen-bond donors (Lipinski definition) is 1. The Morgan fingerprint density at radius 1 is 1.54 bits per heavy atom. The van der Waals surface area contributed by atoms with Crippen LogP contribution < -0.4 is 0 Å². The highest BCUT2D eigenvalue weighted by atomic mass is 16.6. The second-order valence-electron chi connectivity index (χ2n) is 2.22. The molecule has 0 aliphatic carbocycles. The average Bonchev–Trinajstić information content (AvgIpc) is 2.55. The van der Waals surface area contributed by atoms with Crippen molar-refractivity contribution in [3.63, 3.8) is 0 Å². The van der Waals surface area contributed by atoms with E-state index < -0.39 is 10.8 Å². The molecule has 68 valence electrons. The second-order valence-corrected chi connectivity index (χ2v) is 2.22. The fourth-order valence-corrected chi connectivity index (χ4v) is 0.849. The van der Waals surface area contributed by atoms with Crippen molar-refractivity contribution in [1.29, 1.82) is 0 Å². The van der Waals surface area contributed by atoms with Crippen LogP contribution in [0.4, 0.5) is 5.69 Å². The summed E-state index contributed by atoms with van der Waals surface area (Å²) in [6, 6.07) is 0. The van der Waals surface area contributed by atoms with Gasteiger partial charge < -0.3 is 9.59 Å². The molecule has 0 saturated heterocycles. The predicted molar refractivity (Wildman–Crippen MR) is 40.1 cm³/mol. The van der Waals surface area contributed by atoms with Crippen LogP contribution in [-0.2, 0) is 9.59 Å². The predicted octanol–water partition coefficient (Wildman–Crippen LogP) is -0.201. The molecule has 1 rings (SSSR count).